The van der Waals surface area contributed by atoms with Gasteiger partial charge in [-0.3, -0.25) is 0 Å². The highest BCUT2D eigenvalue weighted by molar-refractivity contribution is 6.30. The van der Waals surface area contributed by atoms with Gasteiger partial charge in [-0.1, -0.05) is 11.6 Å². The van der Waals surface area contributed by atoms with E-state index >= 15 is 0 Å². The zero-order chi connectivity index (χ0) is 12.6. The molecule has 1 fully saturated rings. The quantitative estimate of drug-likeness (QED) is 0.824. The van der Waals surface area contributed by atoms with Crippen molar-refractivity contribution in [1.82, 2.24) is 0 Å². The summed E-state index contributed by atoms with van der Waals surface area (Å²) in [4.78, 5) is 0. The maximum atomic E-state index is 9.39. The van der Waals surface area contributed by atoms with Crippen LogP contribution in [0.3, 0.4) is 0 Å². The van der Waals surface area contributed by atoms with Crippen LogP contribution < -0.4 is 4.74 Å². The number of halogens is 1. The zero-order valence-corrected chi connectivity index (χ0v) is 10.8. The van der Waals surface area contributed by atoms with E-state index in [-0.39, 0.29) is 0 Å². The van der Waals surface area contributed by atoms with Gasteiger partial charge in [0.2, 0.25) is 0 Å². The van der Waals surface area contributed by atoms with E-state index in [0.717, 1.165) is 34.7 Å². The number of ether oxygens (including phenoxy) is 2. The summed E-state index contributed by atoms with van der Waals surface area (Å²) in [5, 5.41) is 10.1. The van der Waals surface area contributed by atoms with Crippen LogP contribution in [0.5, 0.6) is 5.75 Å². The van der Waals surface area contributed by atoms with Gasteiger partial charge in [0.15, 0.2) is 0 Å². The van der Waals surface area contributed by atoms with E-state index in [9.17, 15) is 5.26 Å². The van der Waals surface area contributed by atoms with E-state index in [1.54, 1.807) is 0 Å². The third kappa shape index (κ3) is 1.96. The summed E-state index contributed by atoms with van der Waals surface area (Å²) in [6.45, 7) is 1.88. The van der Waals surface area contributed by atoms with Crippen LogP contribution in [0.4, 0.5) is 0 Å². The molecule has 94 valence electrons. The summed E-state index contributed by atoms with van der Waals surface area (Å²) in [6.07, 6.45) is 2.34. The molecule has 1 unspecified atom stereocenters. The standard InChI is InChI=1S/C14H14ClNO2/c15-12-5-10-1-3-18-13(10)11(6-12)7-14(8-16)2-4-17-9-14/h5-6H,1-4,7,9H2. The predicted molar refractivity (Wildman–Crippen MR) is 67.8 cm³/mol. The van der Waals surface area contributed by atoms with E-state index in [2.05, 4.69) is 6.07 Å². The lowest BCUT2D eigenvalue weighted by molar-refractivity contribution is 0.171. The molecule has 18 heavy (non-hydrogen) atoms. The molecule has 0 amide bonds. The molecule has 0 aromatic heterocycles. The molecule has 3 rings (SSSR count). The van der Waals surface area contributed by atoms with Crippen molar-refractivity contribution in [2.24, 2.45) is 5.41 Å². The Labute approximate surface area is 111 Å². The summed E-state index contributed by atoms with van der Waals surface area (Å²) in [5.41, 5.74) is 1.79. The van der Waals surface area contributed by atoms with Crippen LogP contribution in [0.1, 0.15) is 17.5 Å². The van der Waals surface area contributed by atoms with Gasteiger partial charge in [0, 0.05) is 18.1 Å². The molecule has 0 aliphatic carbocycles. The lowest BCUT2D eigenvalue weighted by atomic mass is 9.82. The fourth-order valence-electron chi connectivity index (χ4n) is 2.72. The van der Waals surface area contributed by atoms with E-state index in [1.165, 1.54) is 0 Å². The Morgan fingerprint density at radius 2 is 2.28 bits per heavy atom. The van der Waals surface area contributed by atoms with Gasteiger partial charge in [0.05, 0.1) is 24.7 Å². The molecule has 0 radical (unpaired) electrons. The minimum atomic E-state index is -0.412. The molecule has 1 atom stereocenters. The minimum Gasteiger partial charge on any atom is -0.493 e. The molecule has 0 spiro atoms. The van der Waals surface area contributed by atoms with Crippen LogP contribution in [-0.4, -0.2) is 19.8 Å². The van der Waals surface area contributed by atoms with Crippen LogP contribution >= 0.6 is 11.6 Å². The van der Waals surface area contributed by atoms with Gasteiger partial charge >= 0.3 is 0 Å². The smallest absolute Gasteiger partial charge is 0.125 e. The Balaban J connectivity index is 1.96. The van der Waals surface area contributed by atoms with Crippen molar-refractivity contribution in [3.05, 3.63) is 28.3 Å². The van der Waals surface area contributed by atoms with E-state index in [1.807, 2.05) is 12.1 Å². The van der Waals surface area contributed by atoms with E-state index in [0.29, 0.717) is 26.2 Å². The highest BCUT2D eigenvalue weighted by Crippen LogP contribution is 2.39. The second kappa shape index (κ2) is 4.46. The number of fused-ring (bicyclic) bond motifs is 1. The average Bonchev–Trinajstić information content (AvgIpc) is 2.98. The van der Waals surface area contributed by atoms with Crippen molar-refractivity contribution < 1.29 is 9.47 Å². The topological polar surface area (TPSA) is 42.2 Å². The van der Waals surface area contributed by atoms with Crippen molar-refractivity contribution in [1.29, 1.82) is 5.26 Å². The van der Waals surface area contributed by atoms with Gasteiger partial charge in [-0.2, -0.15) is 5.26 Å². The van der Waals surface area contributed by atoms with Gasteiger partial charge in [-0.15, -0.1) is 0 Å². The maximum Gasteiger partial charge on any atom is 0.125 e. The highest BCUT2D eigenvalue weighted by Gasteiger charge is 2.36. The first-order chi connectivity index (χ1) is 8.72. The number of benzene rings is 1. The molecule has 0 saturated carbocycles. The van der Waals surface area contributed by atoms with Crippen molar-refractivity contribution >= 4 is 11.6 Å². The van der Waals surface area contributed by atoms with Gasteiger partial charge in [-0.05, 0) is 36.1 Å². The molecule has 2 aliphatic heterocycles. The Bertz CT molecular complexity index is 515. The highest BCUT2D eigenvalue weighted by atomic mass is 35.5. The normalized spacial score (nSPS) is 25.6. The van der Waals surface area contributed by atoms with Crippen molar-refractivity contribution in [3.8, 4) is 11.8 Å². The molecule has 1 saturated heterocycles. The third-order valence-electron chi connectivity index (χ3n) is 3.69. The lowest BCUT2D eigenvalue weighted by Gasteiger charge is -2.20. The second-order valence-electron chi connectivity index (χ2n) is 5.02. The molecule has 1 aromatic carbocycles. The van der Waals surface area contributed by atoms with Crippen LogP contribution in [0, 0.1) is 16.7 Å². The average molecular weight is 264 g/mol. The first-order valence-electron chi connectivity index (χ1n) is 6.16. The largest absolute Gasteiger partial charge is 0.493 e. The molecule has 0 N–H and O–H groups in total. The summed E-state index contributed by atoms with van der Waals surface area (Å²) in [7, 11) is 0. The molecule has 4 heteroatoms. The van der Waals surface area contributed by atoms with E-state index in [4.69, 9.17) is 21.1 Å². The summed E-state index contributed by atoms with van der Waals surface area (Å²) in [5.74, 6) is 0.931. The minimum absolute atomic E-state index is 0.412. The molecule has 2 heterocycles. The van der Waals surface area contributed by atoms with Crippen LogP contribution in [0.2, 0.25) is 5.02 Å². The Kier molecular flexibility index (Phi) is 2.93. The summed E-state index contributed by atoms with van der Waals surface area (Å²) in [6, 6.07) is 6.29. The number of rotatable bonds is 2. The lowest BCUT2D eigenvalue weighted by Crippen LogP contribution is -2.22. The number of nitrogens with zero attached hydrogens (tertiary/aromatic N) is 1. The molecular formula is C14H14ClNO2. The fourth-order valence-corrected chi connectivity index (χ4v) is 2.98. The molecule has 3 nitrogen and oxygen atoms in total. The van der Waals surface area contributed by atoms with Gasteiger partial charge in [-0.25, -0.2) is 0 Å². The van der Waals surface area contributed by atoms with Crippen molar-refractivity contribution in [3.63, 3.8) is 0 Å². The number of hydrogen-bond acceptors (Lipinski definition) is 3. The monoisotopic (exact) mass is 263 g/mol. The SMILES string of the molecule is N#CC1(Cc2cc(Cl)cc3c2OCC3)CCOC1. The molecule has 2 aliphatic rings. The van der Waals surface area contributed by atoms with Gasteiger partial charge in [0.25, 0.3) is 0 Å². The van der Waals surface area contributed by atoms with Crippen LogP contribution in [0.15, 0.2) is 12.1 Å². The fraction of sp³-hybridized carbons (Fsp3) is 0.500. The Morgan fingerprint density at radius 1 is 1.39 bits per heavy atom. The van der Waals surface area contributed by atoms with Crippen LogP contribution in [-0.2, 0) is 17.6 Å². The molecular weight excluding hydrogens is 250 g/mol. The first kappa shape index (κ1) is 11.8. The van der Waals surface area contributed by atoms with Crippen molar-refractivity contribution in [2.75, 3.05) is 19.8 Å². The summed E-state index contributed by atoms with van der Waals surface area (Å²) >= 11 is 6.13. The Hall–Kier alpha value is -1.24. The first-order valence-corrected chi connectivity index (χ1v) is 6.53. The van der Waals surface area contributed by atoms with E-state index < -0.39 is 5.41 Å². The maximum absolute atomic E-state index is 9.39. The third-order valence-corrected chi connectivity index (χ3v) is 3.91. The van der Waals surface area contributed by atoms with Crippen molar-refractivity contribution in [2.45, 2.75) is 19.3 Å². The zero-order valence-electron chi connectivity index (χ0n) is 10.0. The second-order valence-corrected chi connectivity index (χ2v) is 5.46. The van der Waals surface area contributed by atoms with Crippen LogP contribution in [0.25, 0.3) is 0 Å². The van der Waals surface area contributed by atoms with Gasteiger partial charge < -0.3 is 9.47 Å². The predicted octanol–water partition coefficient (Wildman–Crippen LogP) is 2.75. The number of nitriles is 1. The molecule has 1 aromatic rings. The summed E-state index contributed by atoms with van der Waals surface area (Å²) < 4.78 is 11.1. The Morgan fingerprint density at radius 3 is 3.00 bits per heavy atom. The molecule has 0 bridgehead atoms. The number of hydrogen-bond donors (Lipinski definition) is 0. The van der Waals surface area contributed by atoms with Gasteiger partial charge in [0.1, 0.15) is 5.75 Å².